The molecule has 0 bridgehead atoms. The molecule has 1 heterocycles. The third-order valence-electron chi connectivity index (χ3n) is 3.83. The van der Waals surface area contributed by atoms with Gasteiger partial charge < -0.3 is 10.6 Å². The molecule has 0 radical (unpaired) electrons. The van der Waals surface area contributed by atoms with E-state index in [9.17, 15) is 13.2 Å². The summed E-state index contributed by atoms with van der Waals surface area (Å²) in [6, 6.07) is 5.91. The molecule has 1 saturated heterocycles. The molecule has 19 heavy (non-hydrogen) atoms. The van der Waals surface area contributed by atoms with Crippen LogP contribution in [0.1, 0.15) is 25.3 Å². The Bertz CT molecular complexity index is 431. The van der Waals surface area contributed by atoms with E-state index in [1.807, 2.05) is 11.8 Å². The van der Waals surface area contributed by atoms with Crippen LogP contribution in [0.25, 0.3) is 0 Å². The normalized spacial score (nSPS) is 24.6. The number of benzene rings is 1. The summed E-state index contributed by atoms with van der Waals surface area (Å²) in [5, 5.41) is 0. The average molecular weight is 272 g/mol. The van der Waals surface area contributed by atoms with Crippen molar-refractivity contribution >= 4 is 5.69 Å². The van der Waals surface area contributed by atoms with Gasteiger partial charge in [-0.3, -0.25) is 0 Å². The topological polar surface area (TPSA) is 29.3 Å². The summed E-state index contributed by atoms with van der Waals surface area (Å²) < 4.78 is 39.2. The van der Waals surface area contributed by atoms with E-state index >= 15 is 0 Å². The number of piperidine rings is 1. The minimum absolute atomic E-state index is 0.117. The lowest BCUT2D eigenvalue weighted by Crippen LogP contribution is -2.44. The highest BCUT2D eigenvalue weighted by atomic mass is 19.4. The first-order valence-electron chi connectivity index (χ1n) is 6.56. The Morgan fingerprint density at radius 3 is 2.58 bits per heavy atom. The minimum Gasteiger partial charge on any atom is -0.368 e. The maximum absolute atomic E-state index is 13.1. The van der Waals surface area contributed by atoms with E-state index in [-0.39, 0.29) is 17.6 Å². The maximum Gasteiger partial charge on any atom is 0.418 e. The van der Waals surface area contributed by atoms with Gasteiger partial charge in [0.15, 0.2) is 0 Å². The van der Waals surface area contributed by atoms with Crippen molar-refractivity contribution in [3.8, 4) is 0 Å². The molecule has 1 aromatic rings. The number of anilines is 1. The number of rotatable bonds is 2. The maximum atomic E-state index is 13.1. The van der Waals surface area contributed by atoms with Crippen LogP contribution in [-0.4, -0.2) is 19.1 Å². The highest BCUT2D eigenvalue weighted by Crippen LogP contribution is 2.38. The van der Waals surface area contributed by atoms with Gasteiger partial charge in [-0.25, -0.2) is 0 Å². The second-order valence-electron chi connectivity index (χ2n) is 5.20. The zero-order valence-electron chi connectivity index (χ0n) is 11.0. The van der Waals surface area contributed by atoms with E-state index < -0.39 is 11.7 Å². The molecule has 0 amide bonds. The summed E-state index contributed by atoms with van der Waals surface area (Å²) in [6.07, 6.45) is -2.44. The lowest BCUT2D eigenvalue weighted by Gasteiger charge is -2.40. The molecule has 1 aromatic carbocycles. The molecular formula is C14H19F3N2. The molecule has 2 N–H and O–H groups in total. The van der Waals surface area contributed by atoms with Crippen LogP contribution in [0.5, 0.6) is 0 Å². The van der Waals surface area contributed by atoms with Crippen molar-refractivity contribution in [1.29, 1.82) is 0 Å². The fourth-order valence-electron chi connectivity index (χ4n) is 2.67. The van der Waals surface area contributed by atoms with E-state index in [2.05, 4.69) is 0 Å². The highest BCUT2D eigenvalue weighted by Gasteiger charge is 2.36. The zero-order valence-corrected chi connectivity index (χ0v) is 11.0. The first-order chi connectivity index (χ1) is 8.93. The van der Waals surface area contributed by atoms with Crippen LogP contribution < -0.4 is 10.6 Å². The molecule has 106 valence electrons. The van der Waals surface area contributed by atoms with Gasteiger partial charge in [0.25, 0.3) is 0 Å². The van der Waals surface area contributed by atoms with Gasteiger partial charge in [-0.1, -0.05) is 12.1 Å². The van der Waals surface area contributed by atoms with E-state index in [1.54, 1.807) is 12.1 Å². The molecule has 1 aliphatic heterocycles. The summed E-state index contributed by atoms with van der Waals surface area (Å²) >= 11 is 0. The number of nitrogens with zero attached hydrogens (tertiary/aromatic N) is 1. The van der Waals surface area contributed by atoms with Crippen molar-refractivity contribution < 1.29 is 13.2 Å². The molecule has 2 atom stereocenters. The monoisotopic (exact) mass is 272 g/mol. The molecule has 5 heteroatoms. The fraction of sp³-hybridized carbons (Fsp3) is 0.571. The highest BCUT2D eigenvalue weighted by molar-refractivity contribution is 5.56. The van der Waals surface area contributed by atoms with Gasteiger partial charge in [0.1, 0.15) is 0 Å². The van der Waals surface area contributed by atoms with Crippen molar-refractivity contribution in [2.24, 2.45) is 11.7 Å². The Balaban J connectivity index is 2.35. The lowest BCUT2D eigenvalue weighted by atomic mass is 9.92. The fourth-order valence-corrected chi connectivity index (χ4v) is 2.67. The predicted molar refractivity (Wildman–Crippen MR) is 70.0 cm³/mol. The van der Waals surface area contributed by atoms with Crippen LogP contribution >= 0.6 is 0 Å². The van der Waals surface area contributed by atoms with Crippen LogP contribution in [0.4, 0.5) is 18.9 Å². The largest absolute Gasteiger partial charge is 0.418 e. The third kappa shape index (κ3) is 3.03. The Morgan fingerprint density at radius 1 is 1.26 bits per heavy atom. The summed E-state index contributed by atoms with van der Waals surface area (Å²) in [5.74, 6) is 0.275. The van der Waals surface area contributed by atoms with Gasteiger partial charge in [-0.15, -0.1) is 0 Å². The average Bonchev–Trinajstić information content (AvgIpc) is 2.38. The quantitative estimate of drug-likeness (QED) is 0.895. The Labute approximate surface area is 111 Å². The second kappa shape index (κ2) is 5.41. The van der Waals surface area contributed by atoms with Gasteiger partial charge in [-0.2, -0.15) is 13.2 Å². The van der Waals surface area contributed by atoms with Crippen LogP contribution in [0.2, 0.25) is 0 Å². The standard InChI is InChI=1S/C14H19F3N2/c1-10-6-7-11(8-18)9-19(10)13-5-3-2-4-12(13)14(15,16)17/h2-5,10-11H,6-9,18H2,1H3. The number of nitrogens with two attached hydrogens (primary N) is 1. The number of hydrogen-bond donors (Lipinski definition) is 1. The second-order valence-corrected chi connectivity index (χ2v) is 5.20. The molecule has 0 spiro atoms. The summed E-state index contributed by atoms with van der Waals surface area (Å²) in [5.41, 5.74) is 5.39. The number of halogens is 3. The number of alkyl halides is 3. The van der Waals surface area contributed by atoms with E-state index in [0.29, 0.717) is 13.1 Å². The van der Waals surface area contributed by atoms with Crippen LogP contribution in [0.3, 0.4) is 0 Å². The van der Waals surface area contributed by atoms with Crippen LogP contribution in [0, 0.1) is 5.92 Å². The molecule has 2 unspecified atom stereocenters. The van der Waals surface area contributed by atoms with Gasteiger partial charge in [0, 0.05) is 18.3 Å². The molecule has 1 fully saturated rings. The number of hydrogen-bond acceptors (Lipinski definition) is 2. The van der Waals surface area contributed by atoms with Crippen LogP contribution in [0.15, 0.2) is 24.3 Å². The minimum atomic E-state index is -4.31. The van der Waals surface area contributed by atoms with Gasteiger partial charge in [-0.05, 0) is 44.4 Å². The molecule has 0 saturated carbocycles. The van der Waals surface area contributed by atoms with E-state index in [0.717, 1.165) is 18.9 Å². The van der Waals surface area contributed by atoms with Crippen molar-refractivity contribution in [3.05, 3.63) is 29.8 Å². The van der Waals surface area contributed by atoms with Crippen molar-refractivity contribution in [1.82, 2.24) is 0 Å². The van der Waals surface area contributed by atoms with E-state index in [1.165, 1.54) is 6.07 Å². The SMILES string of the molecule is CC1CCC(CN)CN1c1ccccc1C(F)(F)F. The summed E-state index contributed by atoms with van der Waals surface area (Å²) in [7, 11) is 0. The van der Waals surface area contributed by atoms with Crippen molar-refractivity contribution in [3.63, 3.8) is 0 Å². The van der Waals surface area contributed by atoms with Crippen LogP contribution in [-0.2, 0) is 6.18 Å². The Morgan fingerprint density at radius 2 is 1.95 bits per heavy atom. The molecule has 1 aliphatic rings. The first kappa shape index (κ1) is 14.2. The van der Waals surface area contributed by atoms with Crippen molar-refractivity contribution in [2.75, 3.05) is 18.0 Å². The predicted octanol–water partition coefficient (Wildman–Crippen LogP) is 3.27. The molecule has 2 rings (SSSR count). The van der Waals surface area contributed by atoms with Crippen molar-refractivity contribution in [2.45, 2.75) is 32.0 Å². The van der Waals surface area contributed by atoms with Gasteiger partial charge >= 0.3 is 6.18 Å². The third-order valence-corrected chi connectivity index (χ3v) is 3.83. The van der Waals surface area contributed by atoms with E-state index in [4.69, 9.17) is 5.73 Å². The molecule has 0 aliphatic carbocycles. The smallest absolute Gasteiger partial charge is 0.368 e. The molecule has 2 nitrogen and oxygen atoms in total. The summed E-state index contributed by atoms with van der Waals surface area (Å²) in [4.78, 5) is 1.85. The van der Waals surface area contributed by atoms with Gasteiger partial charge in [0.2, 0.25) is 0 Å². The Kier molecular flexibility index (Phi) is 4.04. The first-order valence-corrected chi connectivity index (χ1v) is 6.56. The van der Waals surface area contributed by atoms with Gasteiger partial charge in [0.05, 0.1) is 5.56 Å². The Hall–Kier alpha value is -1.23. The summed E-state index contributed by atoms with van der Waals surface area (Å²) in [6.45, 7) is 3.10. The zero-order chi connectivity index (χ0) is 14.0. The lowest BCUT2D eigenvalue weighted by molar-refractivity contribution is -0.137. The molecule has 0 aromatic heterocycles. The molecular weight excluding hydrogens is 253 g/mol. The number of para-hydroxylation sites is 1.